The Labute approximate surface area is 131 Å². The van der Waals surface area contributed by atoms with Gasteiger partial charge in [-0.1, -0.05) is 6.92 Å². The number of aromatic amines is 1. The predicted octanol–water partition coefficient (Wildman–Crippen LogP) is 1.63. The molecule has 22 heavy (non-hydrogen) atoms. The zero-order valence-electron chi connectivity index (χ0n) is 11.9. The monoisotopic (exact) mass is 339 g/mol. The maximum atomic E-state index is 12.5. The molecule has 9 heteroatoms. The van der Waals surface area contributed by atoms with Gasteiger partial charge in [-0.05, 0) is 30.5 Å². The number of H-pyrrole nitrogens is 1. The smallest absolute Gasteiger partial charge is 0.338 e. The highest BCUT2D eigenvalue weighted by molar-refractivity contribution is 5.94. The fourth-order valence-electron chi connectivity index (χ4n) is 2.34. The summed E-state index contributed by atoms with van der Waals surface area (Å²) in [4.78, 5) is 27.1. The molecule has 124 valence electrons. The Morgan fingerprint density at radius 1 is 1.45 bits per heavy atom. The van der Waals surface area contributed by atoms with Crippen LogP contribution >= 0.6 is 12.4 Å². The first kappa shape index (κ1) is 18.5. The van der Waals surface area contributed by atoms with Gasteiger partial charge in [0, 0.05) is 13.1 Å². The molecule has 0 aliphatic carbocycles. The standard InChI is InChI=1S/C13H16F3N3O2.ClH/c1-12(6-17)4-5-19(7-12)11(21)8-2-3-9(13(14,15)16)18-10(8)20;/h2-3H,4-7,17H2,1H3,(H,18,20);1H. The number of likely N-dealkylation sites (tertiary alicyclic amines) is 1. The second-order valence-electron chi connectivity index (χ2n) is 5.60. The number of halogens is 4. The molecule has 1 aliphatic rings. The Balaban J connectivity index is 0.00000242. The van der Waals surface area contributed by atoms with Gasteiger partial charge in [-0.15, -0.1) is 12.4 Å². The first-order chi connectivity index (χ1) is 9.66. The Hall–Kier alpha value is -1.54. The van der Waals surface area contributed by atoms with E-state index < -0.39 is 23.3 Å². The number of carbonyl (C=O) groups is 1. The lowest BCUT2D eigenvalue weighted by Crippen LogP contribution is -2.37. The second kappa shape index (κ2) is 6.29. The topological polar surface area (TPSA) is 79.2 Å². The summed E-state index contributed by atoms with van der Waals surface area (Å²) in [7, 11) is 0. The van der Waals surface area contributed by atoms with Crippen molar-refractivity contribution in [3.05, 3.63) is 33.7 Å². The van der Waals surface area contributed by atoms with E-state index in [4.69, 9.17) is 5.73 Å². The minimum Gasteiger partial charge on any atom is -0.338 e. The first-order valence-corrected chi connectivity index (χ1v) is 6.46. The van der Waals surface area contributed by atoms with E-state index in [0.717, 1.165) is 6.07 Å². The molecule has 0 radical (unpaired) electrons. The van der Waals surface area contributed by atoms with Gasteiger partial charge in [0.05, 0.1) is 0 Å². The summed E-state index contributed by atoms with van der Waals surface area (Å²) >= 11 is 0. The van der Waals surface area contributed by atoms with Crippen molar-refractivity contribution in [1.29, 1.82) is 0 Å². The maximum absolute atomic E-state index is 12.5. The highest BCUT2D eigenvalue weighted by Crippen LogP contribution is 2.30. The molecular formula is C13H17ClF3N3O2. The average Bonchev–Trinajstić information content (AvgIpc) is 2.80. The largest absolute Gasteiger partial charge is 0.431 e. The third-order valence-corrected chi connectivity index (χ3v) is 3.78. The van der Waals surface area contributed by atoms with Crippen molar-refractivity contribution in [2.75, 3.05) is 19.6 Å². The fraction of sp³-hybridized carbons (Fsp3) is 0.538. The van der Waals surface area contributed by atoms with Gasteiger partial charge in [0.2, 0.25) is 0 Å². The van der Waals surface area contributed by atoms with E-state index >= 15 is 0 Å². The van der Waals surface area contributed by atoms with Crippen molar-refractivity contribution >= 4 is 18.3 Å². The van der Waals surface area contributed by atoms with Crippen LogP contribution in [0.3, 0.4) is 0 Å². The summed E-state index contributed by atoms with van der Waals surface area (Å²) in [6, 6.07) is 1.62. The van der Waals surface area contributed by atoms with Gasteiger partial charge >= 0.3 is 6.18 Å². The molecule has 1 aromatic heterocycles. The Kier molecular flexibility index (Phi) is 5.30. The van der Waals surface area contributed by atoms with E-state index in [-0.39, 0.29) is 23.4 Å². The molecule has 1 amide bonds. The number of carbonyl (C=O) groups excluding carboxylic acids is 1. The number of hydrogen-bond acceptors (Lipinski definition) is 3. The number of alkyl halides is 3. The summed E-state index contributed by atoms with van der Waals surface area (Å²) in [5.74, 6) is -0.567. The SMILES string of the molecule is CC1(CN)CCN(C(=O)c2ccc(C(F)(F)F)[nH]c2=O)C1.Cl. The molecule has 0 bridgehead atoms. The molecule has 0 spiro atoms. The van der Waals surface area contributed by atoms with E-state index in [1.807, 2.05) is 6.92 Å². The third-order valence-electron chi connectivity index (χ3n) is 3.78. The molecule has 1 unspecified atom stereocenters. The van der Waals surface area contributed by atoms with Crippen LogP contribution in [0.15, 0.2) is 16.9 Å². The van der Waals surface area contributed by atoms with Gasteiger partial charge in [0.25, 0.3) is 11.5 Å². The van der Waals surface area contributed by atoms with E-state index in [2.05, 4.69) is 0 Å². The lowest BCUT2D eigenvalue weighted by atomic mass is 9.90. The minimum atomic E-state index is -4.65. The third kappa shape index (κ3) is 3.61. The zero-order chi connectivity index (χ0) is 15.8. The van der Waals surface area contributed by atoms with E-state index in [1.165, 1.54) is 4.90 Å². The normalized spacial score (nSPS) is 21.6. The van der Waals surface area contributed by atoms with Crippen molar-refractivity contribution < 1.29 is 18.0 Å². The molecule has 5 nitrogen and oxygen atoms in total. The van der Waals surface area contributed by atoms with Crippen LogP contribution in [-0.4, -0.2) is 35.4 Å². The minimum absolute atomic E-state index is 0. The van der Waals surface area contributed by atoms with E-state index in [9.17, 15) is 22.8 Å². The maximum Gasteiger partial charge on any atom is 0.431 e. The fourth-order valence-corrected chi connectivity index (χ4v) is 2.34. The number of nitrogens with two attached hydrogens (primary N) is 1. The van der Waals surface area contributed by atoms with Crippen molar-refractivity contribution in [2.45, 2.75) is 19.5 Å². The first-order valence-electron chi connectivity index (χ1n) is 6.46. The van der Waals surface area contributed by atoms with E-state index in [1.54, 1.807) is 4.98 Å². The average molecular weight is 340 g/mol. The number of hydrogen-bond donors (Lipinski definition) is 2. The van der Waals surface area contributed by atoms with Crippen LogP contribution in [0.2, 0.25) is 0 Å². The van der Waals surface area contributed by atoms with Crippen LogP contribution in [0.1, 0.15) is 29.4 Å². The van der Waals surface area contributed by atoms with Crippen LogP contribution in [0.4, 0.5) is 13.2 Å². The number of aromatic nitrogens is 1. The molecule has 0 aromatic carbocycles. The van der Waals surface area contributed by atoms with Gasteiger partial charge in [0.1, 0.15) is 11.3 Å². The lowest BCUT2D eigenvalue weighted by molar-refractivity contribution is -0.141. The zero-order valence-corrected chi connectivity index (χ0v) is 12.7. The van der Waals surface area contributed by atoms with Crippen molar-refractivity contribution in [2.24, 2.45) is 11.1 Å². The Morgan fingerprint density at radius 3 is 2.55 bits per heavy atom. The van der Waals surface area contributed by atoms with Gasteiger partial charge in [-0.2, -0.15) is 13.2 Å². The second-order valence-corrected chi connectivity index (χ2v) is 5.60. The van der Waals surface area contributed by atoms with Crippen LogP contribution in [-0.2, 0) is 6.18 Å². The van der Waals surface area contributed by atoms with Crippen molar-refractivity contribution in [3.63, 3.8) is 0 Å². The molecule has 2 heterocycles. The molecule has 3 N–H and O–H groups in total. The molecule has 0 saturated carbocycles. The number of rotatable bonds is 2. The van der Waals surface area contributed by atoms with Crippen molar-refractivity contribution in [1.82, 2.24) is 9.88 Å². The molecule has 1 aliphatic heterocycles. The Bertz CT molecular complexity index is 617. The summed E-state index contributed by atoms with van der Waals surface area (Å²) in [6.45, 7) is 3.16. The summed E-state index contributed by atoms with van der Waals surface area (Å²) in [5, 5.41) is 0. The molecule has 1 saturated heterocycles. The molecule has 2 rings (SSSR count). The van der Waals surface area contributed by atoms with Gasteiger partial charge < -0.3 is 15.6 Å². The van der Waals surface area contributed by atoms with Gasteiger partial charge in [-0.25, -0.2) is 0 Å². The number of nitrogens with zero attached hydrogens (tertiary/aromatic N) is 1. The summed E-state index contributed by atoms with van der Waals surface area (Å²) in [5.41, 5.74) is 2.93. The van der Waals surface area contributed by atoms with E-state index in [0.29, 0.717) is 32.1 Å². The number of pyridine rings is 1. The number of amides is 1. The van der Waals surface area contributed by atoms with Crippen LogP contribution in [0, 0.1) is 5.41 Å². The van der Waals surface area contributed by atoms with Crippen LogP contribution < -0.4 is 11.3 Å². The highest BCUT2D eigenvalue weighted by Gasteiger charge is 2.37. The molecule has 1 fully saturated rings. The lowest BCUT2D eigenvalue weighted by Gasteiger charge is -2.22. The Morgan fingerprint density at radius 2 is 2.09 bits per heavy atom. The predicted molar refractivity (Wildman–Crippen MR) is 77.0 cm³/mol. The summed E-state index contributed by atoms with van der Waals surface area (Å²) in [6.07, 6.45) is -3.94. The van der Waals surface area contributed by atoms with Crippen LogP contribution in [0.5, 0.6) is 0 Å². The number of nitrogens with one attached hydrogen (secondary N) is 1. The van der Waals surface area contributed by atoms with Crippen LogP contribution in [0.25, 0.3) is 0 Å². The molecule has 1 atom stereocenters. The summed E-state index contributed by atoms with van der Waals surface area (Å²) < 4.78 is 37.4. The van der Waals surface area contributed by atoms with Gasteiger partial charge in [-0.3, -0.25) is 9.59 Å². The van der Waals surface area contributed by atoms with Crippen molar-refractivity contribution in [3.8, 4) is 0 Å². The quantitative estimate of drug-likeness (QED) is 0.859. The highest BCUT2D eigenvalue weighted by atomic mass is 35.5. The molecule has 1 aromatic rings. The molecular weight excluding hydrogens is 323 g/mol. The van der Waals surface area contributed by atoms with Gasteiger partial charge in [0.15, 0.2) is 0 Å².